The molecule has 1 aliphatic heterocycles. The van der Waals surface area contributed by atoms with Crippen molar-refractivity contribution < 1.29 is 14.3 Å². The van der Waals surface area contributed by atoms with Gasteiger partial charge in [0.25, 0.3) is 0 Å². The van der Waals surface area contributed by atoms with E-state index in [2.05, 4.69) is 6.92 Å². The summed E-state index contributed by atoms with van der Waals surface area (Å²) in [5.74, 6) is 0.264. The van der Waals surface area contributed by atoms with Gasteiger partial charge < -0.3 is 9.64 Å². The number of rotatable bonds is 5. The van der Waals surface area contributed by atoms with Gasteiger partial charge in [0.05, 0.1) is 6.10 Å². The fourth-order valence-corrected chi connectivity index (χ4v) is 1.80. The number of Topliss-reactive ketones (excluding diaryl/α,β-unsaturated/α-hetero) is 1. The highest BCUT2D eigenvalue weighted by Crippen LogP contribution is 2.07. The molecule has 4 nitrogen and oxygen atoms in total. The molecule has 0 N–H and O–H groups in total. The van der Waals surface area contributed by atoms with Crippen LogP contribution in [0.2, 0.25) is 0 Å². The molecule has 1 fully saturated rings. The van der Waals surface area contributed by atoms with Crippen molar-refractivity contribution in [1.29, 1.82) is 0 Å². The van der Waals surface area contributed by atoms with Gasteiger partial charge in [-0.15, -0.1) is 0 Å². The Labute approximate surface area is 96.9 Å². The highest BCUT2D eigenvalue weighted by molar-refractivity contribution is 5.83. The Morgan fingerprint density at radius 1 is 1.44 bits per heavy atom. The Balaban J connectivity index is 2.22. The van der Waals surface area contributed by atoms with Crippen LogP contribution in [0.1, 0.15) is 39.5 Å². The number of piperidine rings is 1. The molecule has 1 aliphatic rings. The van der Waals surface area contributed by atoms with Crippen molar-refractivity contribution in [2.75, 3.05) is 19.7 Å². The van der Waals surface area contributed by atoms with E-state index in [9.17, 15) is 9.59 Å². The van der Waals surface area contributed by atoms with Gasteiger partial charge in [-0.25, -0.2) is 0 Å². The summed E-state index contributed by atoms with van der Waals surface area (Å²) in [6.07, 6.45) is 3.17. The fourth-order valence-electron chi connectivity index (χ4n) is 1.80. The molecule has 1 unspecified atom stereocenters. The number of carbonyl (C=O) groups is 2. The molecule has 1 amide bonds. The average Bonchev–Trinajstić information content (AvgIpc) is 2.27. The van der Waals surface area contributed by atoms with Gasteiger partial charge in [0.15, 0.2) is 0 Å². The summed E-state index contributed by atoms with van der Waals surface area (Å²) in [7, 11) is 0. The van der Waals surface area contributed by atoms with Crippen molar-refractivity contribution in [2.45, 2.75) is 45.6 Å². The molecule has 1 atom stereocenters. The van der Waals surface area contributed by atoms with Crippen molar-refractivity contribution in [3.8, 4) is 0 Å². The minimum Gasteiger partial charge on any atom is -0.369 e. The molecule has 92 valence electrons. The van der Waals surface area contributed by atoms with E-state index in [1.165, 1.54) is 0 Å². The van der Waals surface area contributed by atoms with Gasteiger partial charge in [-0.3, -0.25) is 9.59 Å². The second kappa shape index (κ2) is 6.63. The van der Waals surface area contributed by atoms with Crippen molar-refractivity contribution >= 4 is 11.7 Å². The van der Waals surface area contributed by atoms with E-state index in [-0.39, 0.29) is 24.4 Å². The maximum atomic E-state index is 11.7. The van der Waals surface area contributed by atoms with Crippen LogP contribution in [0, 0.1) is 0 Å². The Hall–Kier alpha value is -0.900. The third-order valence-corrected chi connectivity index (χ3v) is 2.86. The van der Waals surface area contributed by atoms with Crippen molar-refractivity contribution in [1.82, 2.24) is 4.90 Å². The summed E-state index contributed by atoms with van der Waals surface area (Å²) in [4.78, 5) is 24.4. The molecule has 0 bridgehead atoms. The van der Waals surface area contributed by atoms with Gasteiger partial charge in [0.2, 0.25) is 5.91 Å². The maximum absolute atomic E-state index is 11.7. The zero-order chi connectivity index (χ0) is 12.0. The molecule has 0 saturated carbocycles. The molecule has 0 aliphatic carbocycles. The fraction of sp³-hybridized carbons (Fsp3) is 0.833. The molecular formula is C12H21NO3. The first kappa shape index (κ1) is 13.2. The summed E-state index contributed by atoms with van der Waals surface area (Å²) in [5, 5.41) is 0. The molecule has 1 heterocycles. The lowest BCUT2D eigenvalue weighted by atomic mass is 10.1. The quantitative estimate of drug-likeness (QED) is 0.713. The number of likely N-dealkylation sites (tertiary alicyclic amines) is 1. The van der Waals surface area contributed by atoms with E-state index >= 15 is 0 Å². The van der Waals surface area contributed by atoms with Crippen LogP contribution in [0.4, 0.5) is 0 Å². The summed E-state index contributed by atoms with van der Waals surface area (Å²) in [6.45, 7) is 5.34. The van der Waals surface area contributed by atoms with Crippen LogP contribution in [0.15, 0.2) is 0 Å². The molecule has 0 aromatic carbocycles. The maximum Gasteiger partial charge on any atom is 0.248 e. The number of ether oxygens (including phenoxy) is 1. The molecule has 0 aromatic rings. The Bertz CT molecular complexity index is 243. The Kier molecular flexibility index (Phi) is 5.46. The zero-order valence-corrected chi connectivity index (χ0v) is 10.2. The van der Waals surface area contributed by atoms with E-state index in [4.69, 9.17) is 4.74 Å². The van der Waals surface area contributed by atoms with Gasteiger partial charge in [-0.05, 0) is 13.3 Å². The van der Waals surface area contributed by atoms with E-state index in [0.29, 0.717) is 25.9 Å². The van der Waals surface area contributed by atoms with Crippen molar-refractivity contribution in [3.05, 3.63) is 0 Å². The molecule has 1 rings (SSSR count). The van der Waals surface area contributed by atoms with Crippen LogP contribution in [0.3, 0.4) is 0 Å². The Morgan fingerprint density at radius 2 is 2.06 bits per heavy atom. The van der Waals surface area contributed by atoms with Gasteiger partial charge in [-0.2, -0.15) is 0 Å². The molecule has 0 spiro atoms. The first-order valence-electron chi connectivity index (χ1n) is 6.04. The molecule has 16 heavy (non-hydrogen) atoms. The molecule has 0 aromatic heterocycles. The summed E-state index contributed by atoms with van der Waals surface area (Å²) < 4.78 is 5.45. The lowest BCUT2D eigenvalue weighted by Crippen LogP contribution is -2.41. The number of ketones is 1. The minimum atomic E-state index is 0.00968. The highest BCUT2D eigenvalue weighted by Gasteiger charge is 2.20. The summed E-state index contributed by atoms with van der Waals surface area (Å²) in [5.41, 5.74) is 0. The van der Waals surface area contributed by atoms with Gasteiger partial charge in [0, 0.05) is 25.9 Å². The van der Waals surface area contributed by atoms with Crippen LogP contribution in [-0.2, 0) is 14.3 Å². The standard InChI is InChI=1S/C12H21NO3/c1-3-4-10(2)16-9-12(15)13-7-5-11(14)6-8-13/h10H,3-9H2,1-2H3. The number of hydrogen-bond acceptors (Lipinski definition) is 3. The van der Waals surface area contributed by atoms with Gasteiger partial charge >= 0.3 is 0 Å². The summed E-state index contributed by atoms with van der Waals surface area (Å²) in [6, 6.07) is 0. The molecule has 0 radical (unpaired) electrons. The average molecular weight is 227 g/mol. The number of amides is 1. The van der Waals surface area contributed by atoms with E-state index in [1.807, 2.05) is 6.92 Å². The van der Waals surface area contributed by atoms with Crippen molar-refractivity contribution in [2.24, 2.45) is 0 Å². The number of carbonyl (C=O) groups excluding carboxylic acids is 2. The SMILES string of the molecule is CCCC(C)OCC(=O)N1CCC(=O)CC1. The van der Waals surface area contributed by atoms with Gasteiger partial charge in [-0.1, -0.05) is 13.3 Å². The number of nitrogens with zero attached hydrogens (tertiary/aromatic N) is 1. The van der Waals surface area contributed by atoms with E-state index in [1.54, 1.807) is 4.90 Å². The molecular weight excluding hydrogens is 206 g/mol. The second-order valence-electron chi connectivity index (χ2n) is 4.33. The highest BCUT2D eigenvalue weighted by atomic mass is 16.5. The topological polar surface area (TPSA) is 46.6 Å². The van der Waals surface area contributed by atoms with E-state index < -0.39 is 0 Å². The van der Waals surface area contributed by atoms with Crippen LogP contribution in [0.5, 0.6) is 0 Å². The molecule has 1 saturated heterocycles. The van der Waals surface area contributed by atoms with Crippen LogP contribution in [0.25, 0.3) is 0 Å². The first-order chi connectivity index (χ1) is 7.63. The Morgan fingerprint density at radius 3 is 2.62 bits per heavy atom. The second-order valence-corrected chi connectivity index (χ2v) is 4.33. The third-order valence-electron chi connectivity index (χ3n) is 2.86. The van der Waals surface area contributed by atoms with Crippen LogP contribution < -0.4 is 0 Å². The summed E-state index contributed by atoms with van der Waals surface area (Å²) >= 11 is 0. The van der Waals surface area contributed by atoms with Crippen LogP contribution >= 0.6 is 0 Å². The molecule has 4 heteroatoms. The zero-order valence-electron chi connectivity index (χ0n) is 10.2. The first-order valence-corrected chi connectivity index (χ1v) is 6.04. The predicted octanol–water partition coefficient (Wildman–Crippen LogP) is 1.38. The third kappa shape index (κ3) is 4.31. The van der Waals surface area contributed by atoms with Gasteiger partial charge in [0.1, 0.15) is 12.4 Å². The van der Waals surface area contributed by atoms with Crippen molar-refractivity contribution in [3.63, 3.8) is 0 Å². The normalized spacial score (nSPS) is 18.6. The van der Waals surface area contributed by atoms with Crippen LogP contribution in [-0.4, -0.2) is 42.4 Å². The lowest BCUT2D eigenvalue weighted by Gasteiger charge is -2.26. The van der Waals surface area contributed by atoms with E-state index in [0.717, 1.165) is 12.8 Å². The number of hydrogen-bond donors (Lipinski definition) is 0. The minimum absolute atomic E-state index is 0.00968. The monoisotopic (exact) mass is 227 g/mol. The predicted molar refractivity (Wildman–Crippen MR) is 61.1 cm³/mol. The smallest absolute Gasteiger partial charge is 0.248 e. The largest absolute Gasteiger partial charge is 0.369 e. The lowest BCUT2D eigenvalue weighted by molar-refractivity contribution is -0.140.